The number of hydrogen-bond donors (Lipinski definition) is 0. The molecule has 18 heavy (non-hydrogen) atoms. The second-order valence-corrected chi connectivity index (χ2v) is 3.56. The zero-order valence-corrected chi connectivity index (χ0v) is 9.43. The van der Waals surface area contributed by atoms with Gasteiger partial charge in [-0.2, -0.15) is 5.26 Å². The van der Waals surface area contributed by atoms with Crippen LogP contribution in [0.1, 0.15) is 0 Å². The van der Waals surface area contributed by atoms with Crippen molar-refractivity contribution in [2.75, 3.05) is 11.9 Å². The third kappa shape index (κ3) is 2.25. The molecule has 0 saturated carbocycles. The van der Waals surface area contributed by atoms with Gasteiger partial charge in [0, 0.05) is 18.7 Å². The second kappa shape index (κ2) is 4.75. The normalized spacial score (nSPS) is 9.89. The number of halogens is 2. The highest BCUT2D eigenvalue weighted by Gasteiger charge is 2.09. The fourth-order valence-electron chi connectivity index (χ4n) is 1.40. The first-order valence-electron chi connectivity index (χ1n) is 5.04. The Kier molecular flexibility index (Phi) is 3.15. The summed E-state index contributed by atoms with van der Waals surface area (Å²) < 4.78 is 26.3. The minimum atomic E-state index is -0.703. The maximum absolute atomic E-state index is 13.5. The molecule has 0 bridgehead atoms. The molecule has 0 aliphatic rings. The van der Waals surface area contributed by atoms with Crippen molar-refractivity contribution >= 4 is 5.82 Å². The quantitative estimate of drug-likeness (QED) is 0.602. The lowest BCUT2D eigenvalue weighted by molar-refractivity contribution is 0.585. The Morgan fingerprint density at radius 2 is 1.94 bits per heavy atom. The molecule has 0 saturated heterocycles. The first-order chi connectivity index (χ1) is 8.61. The summed E-state index contributed by atoms with van der Waals surface area (Å²) in [5, 5.41) is 16.2. The lowest BCUT2D eigenvalue weighted by atomic mass is 10.1. The van der Waals surface area contributed by atoms with E-state index < -0.39 is 11.6 Å². The highest BCUT2D eigenvalue weighted by atomic mass is 19.1. The number of benzene rings is 1. The molecule has 0 radical (unpaired) electrons. The van der Waals surface area contributed by atoms with E-state index in [0.29, 0.717) is 5.82 Å². The predicted octanol–water partition coefficient (Wildman–Crippen LogP) is 2.34. The van der Waals surface area contributed by atoms with Gasteiger partial charge in [0.05, 0.1) is 5.69 Å². The van der Waals surface area contributed by atoms with E-state index in [1.165, 1.54) is 30.1 Å². The van der Waals surface area contributed by atoms with Gasteiger partial charge in [-0.05, 0) is 24.3 Å². The summed E-state index contributed by atoms with van der Waals surface area (Å²) >= 11 is 0. The average Bonchev–Trinajstić information content (AvgIpc) is 2.38. The van der Waals surface area contributed by atoms with Crippen LogP contribution in [0.2, 0.25) is 0 Å². The molecule has 0 aliphatic heterocycles. The van der Waals surface area contributed by atoms with Crippen LogP contribution >= 0.6 is 0 Å². The number of hydrogen-bond acceptors (Lipinski definition) is 4. The summed E-state index contributed by atoms with van der Waals surface area (Å²) in [6.07, 6.45) is 1.87. The fourth-order valence-corrected chi connectivity index (χ4v) is 1.40. The molecule has 0 aliphatic carbocycles. The molecule has 1 heterocycles. The predicted molar refractivity (Wildman–Crippen MR) is 61.4 cm³/mol. The molecular formula is C12H8F2N4. The molecule has 6 heteroatoms. The molecule has 0 fully saturated rings. The molecule has 2 aromatic rings. The van der Waals surface area contributed by atoms with Crippen LogP contribution in [0, 0.1) is 23.1 Å². The number of rotatable bonds is 2. The van der Waals surface area contributed by atoms with Gasteiger partial charge in [-0.25, -0.2) is 8.78 Å². The Bertz CT molecular complexity index is 604. The lowest BCUT2D eigenvalue weighted by Gasteiger charge is -2.07. The summed E-state index contributed by atoms with van der Waals surface area (Å²) in [7, 11) is 1.53. The Morgan fingerprint density at radius 1 is 1.17 bits per heavy atom. The fraction of sp³-hybridized carbons (Fsp3) is 0.0833. The van der Waals surface area contributed by atoms with Gasteiger partial charge in [0.25, 0.3) is 0 Å². The van der Waals surface area contributed by atoms with Crippen LogP contribution in [0.5, 0.6) is 0 Å². The minimum absolute atomic E-state index is 0.162. The molecule has 1 aromatic heterocycles. The summed E-state index contributed by atoms with van der Waals surface area (Å²) in [5.74, 6) is -1.00. The first-order valence-corrected chi connectivity index (χ1v) is 5.04. The second-order valence-electron chi connectivity index (χ2n) is 3.56. The van der Waals surface area contributed by atoms with Crippen LogP contribution in [0.3, 0.4) is 0 Å². The van der Waals surface area contributed by atoms with E-state index in [0.717, 1.165) is 12.1 Å². The van der Waals surface area contributed by atoms with Crippen molar-refractivity contribution in [2.24, 2.45) is 0 Å². The van der Waals surface area contributed by atoms with Gasteiger partial charge in [0.2, 0.25) is 0 Å². The molecule has 4 nitrogen and oxygen atoms in total. The summed E-state index contributed by atoms with van der Waals surface area (Å²) in [6.45, 7) is 0. The van der Waals surface area contributed by atoms with Gasteiger partial charge in [0.1, 0.15) is 11.6 Å². The highest BCUT2D eigenvalue weighted by Crippen LogP contribution is 2.21. The molecule has 0 atom stereocenters. The smallest absolute Gasteiger partial charge is 0.185 e. The first kappa shape index (κ1) is 11.9. The van der Waals surface area contributed by atoms with Crippen LogP contribution < -0.4 is 4.90 Å². The zero-order chi connectivity index (χ0) is 13.1. The van der Waals surface area contributed by atoms with E-state index >= 15 is 0 Å². The van der Waals surface area contributed by atoms with Crippen molar-refractivity contribution < 1.29 is 8.78 Å². The summed E-state index contributed by atoms with van der Waals surface area (Å²) in [6, 6.07) is 6.28. The van der Waals surface area contributed by atoms with E-state index in [-0.39, 0.29) is 11.3 Å². The zero-order valence-electron chi connectivity index (χ0n) is 9.43. The lowest BCUT2D eigenvalue weighted by Crippen LogP contribution is -2.10. The molecule has 1 aromatic carbocycles. The van der Waals surface area contributed by atoms with Gasteiger partial charge in [-0.3, -0.25) is 4.90 Å². The molecule has 0 spiro atoms. The van der Waals surface area contributed by atoms with E-state index in [4.69, 9.17) is 5.26 Å². The van der Waals surface area contributed by atoms with Crippen molar-refractivity contribution in [3.63, 3.8) is 0 Å². The standard InChI is InChI=1S/C12H8F2N4/c1-18(7-15)12-5-4-11(16-17-12)9-3-2-8(13)6-10(9)14/h2-6H,1H3. The van der Waals surface area contributed by atoms with Gasteiger partial charge < -0.3 is 0 Å². The molecule has 0 unspecified atom stereocenters. The average molecular weight is 246 g/mol. The number of anilines is 1. The topological polar surface area (TPSA) is 52.8 Å². The van der Waals surface area contributed by atoms with E-state index in [9.17, 15) is 8.78 Å². The maximum atomic E-state index is 13.5. The van der Waals surface area contributed by atoms with E-state index in [2.05, 4.69) is 10.2 Å². The van der Waals surface area contributed by atoms with Crippen molar-refractivity contribution in [1.29, 1.82) is 5.26 Å². The van der Waals surface area contributed by atoms with Crippen LogP contribution in [0.15, 0.2) is 30.3 Å². The van der Waals surface area contributed by atoms with Crippen molar-refractivity contribution in [1.82, 2.24) is 10.2 Å². The van der Waals surface area contributed by atoms with Gasteiger partial charge >= 0.3 is 0 Å². The molecule has 90 valence electrons. The van der Waals surface area contributed by atoms with Crippen LogP contribution in [0.4, 0.5) is 14.6 Å². The maximum Gasteiger partial charge on any atom is 0.185 e. The van der Waals surface area contributed by atoms with Crippen molar-refractivity contribution in [3.05, 3.63) is 42.0 Å². The van der Waals surface area contributed by atoms with Crippen molar-refractivity contribution in [3.8, 4) is 17.5 Å². The SMILES string of the molecule is CN(C#N)c1ccc(-c2ccc(F)cc2F)nn1. The Morgan fingerprint density at radius 3 is 2.50 bits per heavy atom. The Labute approximate surface area is 102 Å². The Hall–Kier alpha value is -2.55. The van der Waals surface area contributed by atoms with E-state index in [1.54, 1.807) is 0 Å². The van der Waals surface area contributed by atoms with Gasteiger partial charge in [-0.15, -0.1) is 10.2 Å². The molecule has 2 rings (SSSR count). The monoisotopic (exact) mass is 246 g/mol. The van der Waals surface area contributed by atoms with Gasteiger partial charge in [-0.1, -0.05) is 0 Å². The molecular weight excluding hydrogens is 238 g/mol. The molecule has 0 N–H and O–H groups in total. The van der Waals surface area contributed by atoms with Crippen LogP contribution in [0.25, 0.3) is 11.3 Å². The summed E-state index contributed by atoms with van der Waals surface area (Å²) in [4.78, 5) is 1.22. The molecule has 0 amide bonds. The summed E-state index contributed by atoms with van der Waals surface area (Å²) in [5.41, 5.74) is 0.442. The van der Waals surface area contributed by atoms with Crippen LogP contribution in [-0.4, -0.2) is 17.2 Å². The Balaban J connectivity index is 2.38. The van der Waals surface area contributed by atoms with Gasteiger partial charge in [0.15, 0.2) is 12.0 Å². The third-order valence-corrected chi connectivity index (χ3v) is 2.35. The van der Waals surface area contributed by atoms with E-state index in [1.807, 2.05) is 6.19 Å². The highest BCUT2D eigenvalue weighted by molar-refractivity contribution is 5.60. The minimum Gasteiger partial charge on any atom is -0.265 e. The third-order valence-electron chi connectivity index (χ3n) is 2.35. The number of nitrogens with zero attached hydrogens (tertiary/aromatic N) is 4. The number of nitriles is 1. The van der Waals surface area contributed by atoms with Crippen molar-refractivity contribution in [2.45, 2.75) is 0 Å². The largest absolute Gasteiger partial charge is 0.265 e. The number of aromatic nitrogens is 2. The van der Waals surface area contributed by atoms with Crippen LogP contribution in [-0.2, 0) is 0 Å².